The van der Waals surface area contributed by atoms with Crippen LogP contribution in [0.4, 0.5) is 5.69 Å². The van der Waals surface area contributed by atoms with Crippen LogP contribution < -0.4 is 4.90 Å². The summed E-state index contributed by atoms with van der Waals surface area (Å²) in [5, 5.41) is 0. The van der Waals surface area contributed by atoms with Crippen molar-refractivity contribution < 1.29 is 9.59 Å². The molecule has 0 unspecified atom stereocenters. The number of nitrogens with zero attached hydrogens (tertiary/aromatic N) is 6. The summed E-state index contributed by atoms with van der Waals surface area (Å²) in [5.74, 6) is 0.704. The molecule has 2 saturated heterocycles. The summed E-state index contributed by atoms with van der Waals surface area (Å²) in [4.78, 5) is 42.0. The highest BCUT2D eigenvalue weighted by Crippen LogP contribution is 2.34. The lowest BCUT2D eigenvalue weighted by molar-refractivity contribution is 0.0729. The van der Waals surface area contributed by atoms with Crippen LogP contribution in [0.25, 0.3) is 5.52 Å². The topological polar surface area (TPSA) is 74.1 Å². The SMILES string of the molecule is O=C(c1nc([C@@H]2CCCN2C(=O)c2ccccc2)n2ccccc12)N1CCN(c2ccncc2)CC1. The lowest BCUT2D eigenvalue weighted by Crippen LogP contribution is -2.49. The van der Waals surface area contributed by atoms with Crippen LogP contribution in [0.1, 0.15) is 45.6 Å². The van der Waals surface area contributed by atoms with Crippen molar-refractivity contribution in [3.05, 3.63) is 96.3 Å². The highest BCUT2D eigenvalue weighted by Gasteiger charge is 2.35. The molecule has 0 radical (unpaired) electrons. The smallest absolute Gasteiger partial charge is 0.274 e. The number of aromatic nitrogens is 3. The molecule has 2 amide bonds. The molecule has 6 rings (SSSR count). The van der Waals surface area contributed by atoms with Crippen LogP contribution in [0.2, 0.25) is 0 Å². The molecule has 1 atom stereocenters. The van der Waals surface area contributed by atoms with Gasteiger partial charge in [0, 0.05) is 62.6 Å². The first-order valence-corrected chi connectivity index (χ1v) is 12.5. The van der Waals surface area contributed by atoms with Gasteiger partial charge in [-0.05, 0) is 49.2 Å². The summed E-state index contributed by atoms with van der Waals surface area (Å²) in [6.45, 7) is 3.46. The number of amides is 2. The van der Waals surface area contributed by atoms with E-state index in [2.05, 4.69) is 9.88 Å². The van der Waals surface area contributed by atoms with E-state index in [-0.39, 0.29) is 17.9 Å². The van der Waals surface area contributed by atoms with E-state index >= 15 is 0 Å². The van der Waals surface area contributed by atoms with Gasteiger partial charge in [0.1, 0.15) is 5.82 Å². The Kier molecular flexibility index (Phi) is 5.85. The lowest BCUT2D eigenvalue weighted by atomic mass is 10.1. The van der Waals surface area contributed by atoms with Crippen molar-refractivity contribution in [3.8, 4) is 0 Å². The van der Waals surface area contributed by atoms with Crippen LogP contribution in [0.3, 0.4) is 0 Å². The number of piperazine rings is 1. The molecule has 0 aliphatic carbocycles. The maximum Gasteiger partial charge on any atom is 0.274 e. The molecule has 1 aromatic carbocycles. The molecule has 0 N–H and O–H groups in total. The predicted molar refractivity (Wildman–Crippen MR) is 137 cm³/mol. The van der Waals surface area contributed by atoms with Gasteiger partial charge < -0.3 is 19.1 Å². The van der Waals surface area contributed by atoms with Crippen molar-refractivity contribution in [2.45, 2.75) is 18.9 Å². The summed E-state index contributed by atoms with van der Waals surface area (Å²) < 4.78 is 1.99. The molecule has 0 saturated carbocycles. The largest absolute Gasteiger partial charge is 0.368 e. The van der Waals surface area contributed by atoms with Crippen molar-refractivity contribution in [1.29, 1.82) is 0 Å². The third-order valence-electron chi connectivity index (χ3n) is 7.21. The van der Waals surface area contributed by atoms with Gasteiger partial charge in [0.2, 0.25) is 0 Å². The first-order valence-electron chi connectivity index (χ1n) is 12.5. The van der Waals surface area contributed by atoms with Gasteiger partial charge in [0.15, 0.2) is 5.69 Å². The van der Waals surface area contributed by atoms with Crippen molar-refractivity contribution in [1.82, 2.24) is 24.2 Å². The fourth-order valence-corrected chi connectivity index (χ4v) is 5.35. The quantitative estimate of drug-likeness (QED) is 0.446. The highest BCUT2D eigenvalue weighted by atomic mass is 16.2. The van der Waals surface area contributed by atoms with Crippen molar-refractivity contribution in [2.24, 2.45) is 0 Å². The molecule has 0 spiro atoms. The third-order valence-corrected chi connectivity index (χ3v) is 7.21. The third kappa shape index (κ3) is 3.98. The molecule has 2 fully saturated rings. The number of rotatable bonds is 4. The van der Waals surface area contributed by atoms with Crippen LogP contribution in [0, 0.1) is 0 Å². The van der Waals surface area contributed by atoms with E-state index in [0.717, 1.165) is 43.0 Å². The van der Waals surface area contributed by atoms with Gasteiger partial charge in [-0.1, -0.05) is 24.3 Å². The normalized spacial score (nSPS) is 18.1. The second-order valence-electron chi connectivity index (χ2n) is 9.28. The Morgan fingerprint density at radius 3 is 2.33 bits per heavy atom. The summed E-state index contributed by atoms with van der Waals surface area (Å²) in [6.07, 6.45) is 7.26. The minimum Gasteiger partial charge on any atom is -0.368 e. The molecule has 0 bridgehead atoms. The Balaban J connectivity index is 1.27. The second kappa shape index (κ2) is 9.45. The maximum absolute atomic E-state index is 13.7. The fraction of sp³-hybridized carbons (Fsp3) is 0.286. The first-order chi connectivity index (χ1) is 17.7. The first kappa shape index (κ1) is 22.3. The zero-order valence-electron chi connectivity index (χ0n) is 20.0. The Morgan fingerprint density at radius 2 is 1.56 bits per heavy atom. The standard InChI is InChI=1S/C28H28N6O2/c35-27(21-7-2-1-3-8-21)34-16-6-10-24(34)26-30-25(23-9-4-5-15-33(23)26)28(36)32-19-17-31(18-20-32)22-11-13-29-14-12-22/h1-5,7-9,11-15,24H,6,10,16-20H2/t24-/m0/s1. The van der Waals surface area contributed by atoms with E-state index in [0.29, 0.717) is 30.9 Å². The Hall–Kier alpha value is -4.20. The second-order valence-corrected chi connectivity index (χ2v) is 9.28. The molecule has 2 aliphatic heterocycles. The Labute approximate surface area is 209 Å². The van der Waals surface area contributed by atoms with E-state index in [9.17, 15) is 9.59 Å². The molecular weight excluding hydrogens is 452 g/mol. The Morgan fingerprint density at radius 1 is 0.806 bits per heavy atom. The number of imidazole rings is 1. The summed E-state index contributed by atoms with van der Waals surface area (Å²) in [7, 11) is 0. The van der Waals surface area contributed by atoms with Crippen LogP contribution in [0.15, 0.2) is 79.3 Å². The number of benzene rings is 1. The van der Waals surface area contributed by atoms with Gasteiger partial charge in [0.05, 0.1) is 11.6 Å². The van der Waals surface area contributed by atoms with Gasteiger partial charge in [-0.15, -0.1) is 0 Å². The molecule has 182 valence electrons. The van der Waals surface area contributed by atoms with Gasteiger partial charge >= 0.3 is 0 Å². The molecule has 4 aromatic rings. The maximum atomic E-state index is 13.7. The number of fused-ring (bicyclic) bond motifs is 1. The minimum atomic E-state index is -0.169. The molecular formula is C28H28N6O2. The summed E-state index contributed by atoms with van der Waals surface area (Å²) in [6, 6.07) is 19.0. The number of carbonyl (C=O) groups is 2. The molecule has 8 heteroatoms. The fourth-order valence-electron chi connectivity index (χ4n) is 5.35. The van der Waals surface area contributed by atoms with E-state index < -0.39 is 0 Å². The zero-order chi connectivity index (χ0) is 24.5. The summed E-state index contributed by atoms with van der Waals surface area (Å²) in [5.41, 5.74) is 3.04. The minimum absolute atomic E-state index is 0.00546. The van der Waals surface area contributed by atoms with Gasteiger partial charge in [-0.2, -0.15) is 0 Å². The number of hydrogen-bond donors (Lipinski definition) is 0. The zero-order valence-corrected chi connectivity index (χ0v) is 20.0. The number of hydrogen-bond acceptors (Lipinski definition) is 5. The molecule has 2 aliphatic rings. The van der Waals surface area contributed by atoms with E-state index in [1.807, 2.05) is 81.1 Å². The van der Waals surface area contributed by atoms with Crippen LogP contribution in [-0.4, -0.2) is 68.7 Å². The number of carbonyl (C=O) groups excluding carboxylic acids is 2. The summed E-state index contributed by atoms with van der Waals surface area (Å²) >= 11 is 0. The number of anilines is 1. The Bertz CT molecular complexity index is 1380. The van der Waals surface area contributed by atoms with Crippen molar-refractivity contribution in [3.63, 3.8) is 0 Å². The van der Waals surface area contributed by atoms with E-state index in [1.54, 1.807) is 12.4 Å². The van der Waals surface area contributed by atoms with Gasteiger partial charge in [-0.25, -0.2) is 4.98 Å². The van der Waals surface area contributed by atoms with Gasteiger partial charge in [-0.3, -0.25) is 14.6 Å². The molecule has 8 nitrogen and oxygen atoms in total. The molecule has 5 heterocycles. The van der Waals surface area contributed by atoms with Gasteiger partial charge in [0.25, 0.3) is 11.8 Å². The van der Waals surface area contributed by atoms with E-state index in [1.165, 1.54) is 0 Å². The van der Waals surface area contributed by atoms with E-state index in [4.69, 9.17) is 4.98 Å². The lowest BCUT2D eigenvalue weighted by Gasteiger charge is -2.35. The van der Waals surface area contributed by atoms with Crippen molar-refractivity contribution >= 4 is 23.0 Å². The van der Waals surface area contributed by atoms with Crippen LogP contribution in [-0.2, 0) is 0 Å². The monoisotopic (exact) mass is 480 g/mol. The number of pyridine rings is 2. The van der Waals surface area contributed by atoms with Crippen molar-refractivity contribution in [2.75, 3.05) is 37.6 Å². The molecule has 3 aromatic heterocycles. The number of likely N-dealkylation sites (tertiary alicyclic amines) is 1. The van der Waals surface area contributed by atoms with Crippen LogP contribution >= 0.6 is 0 Å². The highest BCUT2D eigenvalue weighted by molar-refractivity contribution is 5.99. The molecule has 36 heavy (non-hydrogen) atoms. The van der Waals surface area contributed by atoms with Crippen LogP contribution in [0.5, 0.6) is 0 Å². The average Bonchev–Trinajstić information content (AvgIpc) is 3.58. The predicted octanol–water partition coefficient (Wildman–Crippen LogP) is 3.67. The average molecular weight is 481 g/mol.